The molecule has 0 aliphatic carbocycles. The maximum Gasteiger partial charge on any atom is 0.239 e. The molecule has 0 unspecified atom stereocenters. The Bertz CT molecular complexity index is 555. The zero-order valence-electron chi connectivity index (χ0n) is 13.3. The van der Waals surface area contributed by atoms with Crippen molar-refractivity contribution < 1.29 is 9.18 Å². The monoisotopic (exact) mass is 372 g/mol. The van der Waals surface area contributed by atoms with Crippen molar-refractivity contribution >= 4 is 27.8 Å². The van der Waals surface area contributed by atoms with Crippen LogP contribution in [0.15, 0.2) is 27.7 Å². The van der Waals surface area contributed by atoms with Crippen molar-refractivity contribution in [3.05, 3.63) is 34.1 Å². The summed E-state index contributed by atoms with van der Waals surface area (Å²) in [5, 5.41) is 8.70. The number of carbonyl (C=O) groups excluding carboxylic acids is 1. The van der Waals surface area contributed by atoms with Crippen LogP contribution in [0.4, 0.5) is 4.39 Å². The molecule has 0 fully saturated rings. The summed E-state index contributed by atoms with van der Waals surface area (Å²) < 4.78 is 14.4. The molecule has 1 amide bonds. The van der Waals surface area contributed by atoms with Gasteiger partial charge in [0.25, 0.3) is 0 Å². The van der Waals surface area contributed by atoms with Crippen LogP contribution in [0.25, 0.3) is 0 Å². The van der Waals surface area contributed by atoms with E-state index in [2.05, 4.69) is 36.9 Å². The van der Waals surface area contributed by atoms with E-state index in [1.807, 2.05) is 20.8 Å². The average Bonchev–Trinajstić information content (AvgIpc) is 2.40. The van der Waals surface area contributed by atoms with Crippen LogP contribution in [0.3, 0.4) is 0 Å². The van der Waals surface area contributed by atoms with E-state index in [1.54, 1.807) is 19.2 Å². The number of carbonyl (C=O) groups is 1. The number of nitrogens with one attached hydrogen (secondary N) is 3. The lowest BCUT2D eigenvalue weighted by molar-refractivity contribution is -0.121. The highest BCUT2D eigenvalue weighted by molar-refractivity contribution is 9.10. The first-order valence-electron chi connectivity index (χ1n) is 6.91. The fourth-order valence-corrected chi connectivity index (χ4v) is 2.11. The summed E-state index contributed by atoms with van der Waals surface area (Å²) in [6.07, 6.45) is 0. The molecule has 1 aromatic carbocycles. The van der Waals surface area contributed by atoms with Gasteiger partial charge in [-0.1, -0.05) is 15.9 Å². The Balaban J connectivity index is 2.49. The predicted octanol–water partition coefficient (Wildman–Crippen LogP) is 2.17. The second-order valence-electron chi connectivity index (χ2n) is 5.81. The normalized spacial score (nSPS) is 12.0. The van der Waals surface area contributed by atoms with Gasteiger partial charge in [0.15, 0.2) is 5.96 Å². The summed E-state index contributed by atoms with van der Waals surface area (Å²) in [5.74, 6) is 0.00384. The van der Waals surface area contributed by atoms with Crippen molar-refractivity contribution in [3.63, 3.8) is 0 Å². The summed E-state index contributed by atoms with van der Waals surface area (Å²) in [7, 11) is 1.59. The number of halogens is 2. The van der Waals surface area contributed by atoms with E-state index in [1.165, 1.54) is 6.07 Å². The van der Waals surface area contributed by atoms with E-state index in [9.17, 15) is 9.18 Å². The summed E-state index contributed by atoms with van der Waals surface area (Å²) in [6.45, 7) is 6.10. The third-order valence-electron chi connectivity index (χ3n) is 2.61. The maximum atomic E-state index is 13.6. The Morgan fingerprint density at radius 3 is 2.59 bits per heavy atom. The molecule has 3 N–H and O–H groups in total. The molecule has 0 aromatic heterocycles. The van der Waals surface area contributed by atoms with Crippen LogP contribution < -0.4 is 16.0 Å². The Hall–Kier alpha value is -1.63. The third-order valence-corrected chi connectivity index (χ3v) is 3.10. The van der Waals surface area contributed by atoms with Crippen molar-refractivity contribution in [2.24, 2.45) is 4.99 Å². The van der Waals surface area contributed by atoms with Gasteiger partial charge in [-0.05, 0) is 39.0 Å². The van der Waals surface area contributed by atoms with Gasteiger partial charge >= 0.3 is 0 Å². The van der Waals surface area contributed by atoms with E-state index in [4.69, 9.17) is 0 Å². The van der Waals surface area contributed by atoms with Gasteiger partial charge in [-0.3, -0.25) is 9.79 Å². The number of guanidine groups is 1. The van der Waals surface area contributed by atoms with Crippen LogP contribution >= 0.6 is 15.9 Å². The van der Waals surface area contributed by atoms with Gasteiger partial charge in [0.05, 0.1) is 6.54 Å². The Morgan fingerprint density at radius 1 is 1.32 bits per heavy atom. The molecule has 5 nitrogen and oxygen atoms in total. The van der Waals surface area contributed by atoms with Gasteiger partial charge in [-0.25, -0.2) is 4.39 Å². The molecule has 0 aliphatic rings. The largest absolute Gasteiger partial charge is 0.352 e. The molecule has 22 heavy (non-hydrogen) atoms. The summed E-state index contributed by atoms with van der Waals surface area (Å²) in [6, 6.07) is 4.73. The molecule has 0 bridgehead atoms. The molecule has 122 valence electrons. The van der Waals surface area contributed by atoms with E-state index in [-0.39, 0.29) is 30.4 Å². The minimum absolute atomic E-state index is 0.0951. The van der Waals surface area contributed by atoms with Crippen LogP contribution in [-0.4, -0.2) is 31.0 Å². The number of amides is 1. The number of hydrogen-bond donors (Lipinski definition) is 3. The first-order valence-corrected chi connectivity index (χ1v) is 7.70. The van der Waals surface area contributed by atoms with Crippen molar-refractivity contribution in [3.8, 4) is 0 Å². The molecule has 0 heterocycles. The summed E-state index contributed by atoms with van der Waals surface area (Å²) >= 11 is 3.30. The maximum absolute atomic E-state index is 13.6. The first-order chi connectivity index (χ1) is 10.2. The minimum atomic E-state index is -0.295. The van der Waals surface area contributed by atoms with Crippen LogP contribution in [0.5, 0.6) is 0 Å². The van der Waals surface area contributed by atoms with E-state index in [0.29, 0.717) is 11.5 Å². The highest BCUT2D eigenvalue weighted by Gasteiger charge is 2.13. The molecule has 0 radical (unpaired) electrons. The van der Waals surface area contributed by atoms with Gasteiger partial charge < -0.3 is 16.0 Å². The minimum Gasteiger partial charge on any atom is -0.352 e. The van der Waals surface area contributed by atoms with Crippen LogP contribution in [0.1, 0.15) is 26.3 Å². The second kappa shape index (κ2) is 8.12. The fraction of sp³-hybridized carbons (Fsp3) is 0.467. The van der Waals surface area contributed by atoms with Crippen LogP contribution in [0, 0.1) is 5.82 Å². The Kier molecular flexibility index (Phi) is 6.80. The fourth-order valence-electron chi connectivity index (χ4n) is 1.70. The van der Waals surface area contributed by atoms with Crippen molar-refractivity contribution in [2.75, 3.05) is 13.6 Å². The quantitative estimate of drug-likeness (QED) is 0.560. The smallest absolute Gasteiger partial charge is 0.239 e. The first kappa shape index (κ1) is 18.4. The van der Waals surface area contributed by atoms with Gasteiger partial charge in [0.2, 0.25) is 5.91 Å². The highest BCUT2D eigenvalue weighted by atomic mass is 79.9. The average molecular weight is 373 g/mol. The van der Waals surface area contributed by atoms with Crippen molar-refractivity contribution in [2.45, 2.75) is 32.9 Å². The lowest BCUT2D eigenvalue weighted by Crippen LogP contribution is -2.48. The van der Waals surface area contributed by atoms with Gasteiger partial charge in [0, 0.05) is 29.2 Å². The number of benzene rings is 1. The van der Waals surface area contributed by atoms with E-state index < -0.39 is 0 Å². The lowest BCUT2D eigenvalue weighted by Gasteiger charge is -2.21. The zero-order chi connectivity index (χ0) is 16.8. The van der Waals surface area contributed by atoms with Gasteiger partial charge in [-0.2, -0.15) is 0 Å². The Morgan fingerprint density at radius 2 is 2.00 bits per heavy atom. The molecule has 0 atom stereocenters. The molecular weight excluding hydrogens is 351 g/mol. The van der Waals surface area contributed by atoms with Gasteiger partial charge in [-0.15, -0.1) is 0 Å². The standard InChI is InChI=1S/C15H22BrFN4O/c1-15(2,3)21-13(22)9-20-14(18-4)19-8-10-7-11(16)5-6-12(10)17/h5-7H,8-9H2,1-4H3,(H,21,22)(H2,18,19,20). The SMILES string of the molecule is CN=C(NCC(=O)NC(C)(C)C)NCc1cc(Br)ccc1F. The van der Waals surface area contributed by atoms with Crippen LogP contribution in [-0.2, 0) is 11.3 Å². The van der Waals surface area contributed by atoms with Crippen LogP contribution in [0.2, 0.25) is 0 Å². The lowest BCUT2D eigenvalue weighted by atomic mass is 10.1. The summed E-state index contributed by atoms with van der Waals surface area (Å²) in [4.78, 5) is 15.7. The second-order valence-corrected chi connectivity index (χ2v) is 6.73. The molecule has 1 rings (SSSR count). The molecule has 0 saturated carbocycles. The topological polar surface area (TPSA) is 65.5 Å². The number of aliphatic imine (C=N–C) groups is 1. The van der Waals surface area contributed by atoms with E-state index in [0.717, 1.165) is 4.47 Å². The molecule has 0 aliphatic heterocycles. The molecular formula is C15H22BrFN4O. The number of rotatable bonds is 4. The molecule has 0 saturated heterocycles. The Labute approximate surface area is 138 Å². The van der Waals surface area contributed by atoms with Gasteiger partial charge in [0.1, 0.15) is 5.82 Å². The summed E-state index contributed by atoms with van der Waals surface area (Å²) in [5.41, 5.74) is 0.228. The number of nitrogens with zero attached hydrogens (tertiary/aromatic N) is 1. The molecule has 1 aromatic rings. The van der Waals surface area contributed by atoms with Crippen molar-refractivity contribution in [1.29, 1.82) is 0 Å². The van der Waals surface area contributed by atoms with E-state index >= 15 is 0 Å². The third kappa shape index (κ3) is 6.89. The van der Waals surface area contributed by atoms with Crippen molar-refractivity contribution in [1.82, 2.24) is 16.0 Å². The molecule has 7 heteroatoms. The predicted molar refractivity (Wildman–Crippen MR) is 90.2 cm³/mol. The zero-order valence-corrected chi connectivity index (χ0v) is 14.8. The number of hydrogen-bond acceptors (Lipinski definition) is 2. The highest BCUT2D eigenvalue weighted by Crippen LogP contribution is 2.15. The molecule has 0 spiro atoms.